The van der Waals surface area contributed by atoms with Gasteiger partial charge >= 0.3 is 0 Å². The minimum Gasteiger partial charge on any atom is -0.308 e. The van der Waals surface area contributed by atoms with E-state index >= 15 is 0 Å². The Morgan fingerprint density at radius 1 is 0.457 bits per heavy atom. The largest absolute Gasteiger partial charge is 0.308 e. The van der Waals surface area contributed by atoms with E-state index in [0.29, 0.717) is 0 Å². The number of fused-ring (bicyclic) bond motifs is 11. The molecule has 10 aromatic rings. The fourth-order valence-electron chi connectivity index (χ4n) is 7.17. The molecule has 3 heterocycles. The fraction of sp³-hybridized carbons (Fsp3) is 0. The zero-order chi connectivity index (χ0) is 30.2. The molecule has 0 aliphatic heterocycles. The first kappa shape index (κ1) is 25.5. The van der Waals surface area contributed by atoms with E-state index in [-0.39, 0.29) is 0 Å². The fourth-order valence-corrected chi connectivity index (χ4v) is 8.43. The number of aromatic nitrogens is 3. The average molecular weight is 604 g/mol. The van der Waals surface area contributed by atoms with Crippen LogP contribution in [-0.2, 0) is 0 Å². The summed E-state index contributed by atoms with van der Waals surface area (Å²) in [4.78, 5) is 10.5. The van der Waals surface area contributed by atoms with Gasteiger partial charge in [0.2, 0.25) is 0 Å². The van der Waals surface area contributed by atoms with Crippen LogP contribution < -0.4 is 0 Å². The summed E-state index contributed by atoms with van der Waals surface area (Å²) in [5, 5.41) is 7.76. The molecular formula is C42H25N3S. The van der Waals surface area contributed by atoms with E-state index in [1.54, 1.807) is 0 Å². The number of hydrogen-bond acceptors (Lipinski definition) is 3. The van der Waals surface area contributed by atoms with Crippen LogP contribution in [0.4, 0.5) is 0 Å². The normalized spacial score (nSPS) is 11.9. The average Bonchev–Trinajstić information content (AvgIpc) is 3.69. The van der Waals surface area contributed by atoms with E-state index in [0.717, 1.165) is 39.2 Å². The summed E-state index contributed by atoms with van der Waals surface area (Å²) in [5.41, 5.74) is 9.14. The molecule has 3 nitrogen and oxygen atoms in total. The highest BCUT2D eigenvalue weighted by Gasteiger charge is 2.22. The number of rotatable bonds is 3. The van der Waals surface area contributed by atoms with E-state index in [1.807, 2.05) is 23.5 Å². The standard InChI is InChI=1S/C42H25N3S/c1-3-13-26(14-4-1)39-40(27-15-5-2-6-16-27)44-34-25-28(23-24-33(34)43-39)45-35-21-11-9-19-31(35)37-29-17-7-8-18-30(29)38-32-20-10-12-22-36(32)46-42(38)41(37)45/h1-25H. The lowest BCUT2D eigenvalue weighted by Crippen LogP contribution is -1.98. The van der Waals surface area contributed by atoms with Crippen molar-refractivity contribution >= 4 is 75.1 Å². The van der Waals surface area contributed by atoms with Gasteiger partial charge in [0.1, 0.15) is 0 Å². The molecular weight excluding hydrogens is 579 g/mol. The van der Waals surface area contributed by atoms with Crippen LogP contribution in [0.3, 0.4) is 0 Å². The minimum absolute atomic E-state index is 0.871. The quantitative estimate of drug-likeness (QED) is 0.201. The van der Waals surface area contributed by atoms with Gasteiger partial charge in [-0.15, -0.1) is 11.3 Å². The first-order valence-corrected chi connectivity index (χ1v) is 16.3. The molecule has 0 radical (unpaired) electrons. The Morgan fingerprint density at radius 3 is 1.74 bits per heavy atom. The first-order chi connectivity index (χ1) is 22.8. The summed E-state index contributed by atoms with van der Waals surface area (Å²) in [5.74, 6) is 0. The molecule has 0 saturated heterocycles. The number of para-hydroxylation sites is 1. The Balaban J connectivity index is 1.33. The van der Waals surface area contributed by atoms with Gasteiger partial charge in [-0.2, -0.15) is 0 Å². The van der Waals surface area contributed by atoms with Crippen LogP contribution in [0.2, 0.25) is 0 Å². The van der Waals surface area contributed by atoms with Crippen LogP contribution in [-0.4, -0.2) is 14.5 Å². The molecule has 214 valence electrons. The molecule has 0 bridgehead atoms. The van der Waals surface area contributed by atoms with Crippen LogP contribution in [0, 0.1) is 0 Å². The molecule has 0 aliphatic rings. The molecule has 0 saturated carbocycles. The van der Waals surface area contributed by atoms with E-state index in [2.05, 4.69) is 144 Å². The Bertz CT molecular complexity index is 2790. The van der Waals surface area contributed by atoms with Crippen molar-refractivity contribution in [3.05, 3.63) is 152 Å². The van der Waals surface area contributed by atoms with Crippen LogP contribution in [0.25, 0.3) is 92.0 Å². The molecule has 46 heavy (non-hydrogen) atoms. The van der Waals surface area contributed by atoms with Gasteiger partial charge < -0.3 is 4.57 Å². The number of benzene rings is 7. The predicted molar refractivity (Wildman–Crippen MR) is 195 cm³/mol. The lowest BCUT2D eigenvalue weighted by Gasteiger charge is -2.13. The van der Waals surface area contributed by atoms with Crippen molar-refractivity contribution < 1.29 is 0 Å². The highest BCUT2D eigenvalue weighted by Crippen LogP contribution is 2.47. The molecule has 0 N–H and O–H groups in total. The summed E-state index contributed by atoms with van der Waals surface area (Å²) < 4.78 is 5.06. The van der Waals surface area contributed by atoms with Gasteiger partial charge in [-0.05, 0) is 41.1 Å². The lowest BCUT2D eigenvalue weighted by atomic mass is 9.99. The van der Waals surface area contributed by atoms with E-state index in [9.17, 15) is 0 Å². The first-order valence-electron chi connectivity index (χ1n) is 15.5. The van der Waals surface area contributed by atoms with Gasteiger partial charge in [0.15, 0.2) is 0 Å². The Labute approximate surface area is 268 Å². The molecule has 3 aromatic heterocycles. The second-order valence-electron chi connectivity index (χ2n) is 11.7. The van der Waals surface area contributed by atoms with E-state index in [4.69, 9.17) is 9.97 Å². The van der Waals surface area contributed by atoms with Gasteiger partial charge in [-0.1, -0.05) is 121 Å². The Morgan fingerprint density at radius 2 is 1.02 bits per heavy atom. The number of thiophene rings is 1. The predicted octanol–water partition coefficient (Wildman–Crippen LogP) is 11.6. The van der Waals surface area contributed by atoms with Crippen LogP contribution in [0.15, 0.2) is 152 Å². The maximum absolute atomic E-state index is 5.33. The minimum atomic E-state index is 0.871. The summed E-state index contributed by atoms with van der Waals surface area (Å²) in [7, 11) is 0. The zero-order valence-corrected chi connectivity index (χ0v) is 25.5. The molecule has 0 aliphatic carbocycles. The maximum Gasteiger partial charge on any atom is 0.0973 e. The second-order valence-corrected chi connectivity index (χ2v) is 12.8. The topological polar surface area (TPSA) is 30.7 Å². The summed E-state index contributed by atoms with van der Waals surface area (Å²) in [6.45, 7) is 0. The van der Waals surface area contributed by atoms with Crippen molar-refractivity contribution in [3.8, 4) is 28.2 Å². The van der Waals surface area contributed by atoms with Crippen molar-refractivity contribution in [1.82, 2.24) is 14.5 Å². The molecule has 0 fully saturated rings. The second kappa shape index (κ2) is 9.83. The molecule has 0 spiro atoms. The van der Waals surface area contributed by atoms with Gasteiger partial charge in [0.25, 0.3) is 0 Å². The highest BCUT2D eigenvalue weighted by atomic mass is 32.1. The summed E-state index contributed by atoms with van der Waals surface area (Å²) in [6.07, 6.45) is 0. The third kappa shape index (κ3) is 3.65. The van der Waals surface area contributed by atoms with Crippen molar-refractivity contribution in [2.24, 2.45) is 0 Å². The molecule has 7 aromatic carbocycles. The molecule has 0 amide bonds. The Hall–Kier alpha value is -5.84. The van der Waals surface area contributed by atoms with Crippen molar-refractivity contribution in [2.45, 2.75) is 0 Å². The molecule has 10 rings (SSSR count). The molecule has 0 unspecified atom stereocenters. The highest BCUT2D eigenvalue weighted by molar-refractivity contribution is 7.27. The van der Waals surface area contributed by atoms with Gasteiger partial charge in [0.05, 0.1) is 38.2 Å². The van der Waals surface area contributed by atoms with Crippen LogP contribution in [0.5, 0.6) is 0 Å². The van der Waals surface area contributed by atoms with Gasteiger partial charge in [0, 0.05) is 43.1 Å². The van der Waals surface area contributed by atoms with Crippen molar-refractivity contribution in [1.29, 1.82) is 0 Å². The van der Waals surface area contributed by atoms with Gasteiger partial charge in [-0.3, -0.25) is 0 Å². The lowest BCUT2D eigenvalue weighted by molar-refractivity contribution is 1.18. The summed E-state index contributed by atoms with van der Waals surface area (Å²) in [6, 6.07) is 53.8. The monoisotopic (exact) mass is 603 g/mol. The third-order valence-corrected chi connectivity index (χ3v) is 10.3. The van der Waals surface area contributed by atoms with E-state index < -0.39 is 0 Å². The zero-order valence-electron chi connectivity index (χ0n) is 24.7. The van der Waals surface area contributed by atoms with Gasteiger partial charge in [-0.25, -0.2) is 9.97 Å². The number of hydrogen-bond donors (Lipinski definition) is 0. The smallest absolute Gasteiger partial charge is 0.0973 e. The van der Waals surface area contributed by atoms with Crippen LogP contribution in [0.1, 0.15) is 0 Å². The van der Waals surface area contributed by atoms with Crippen molar-refractivity contribution in [3.63, 3.8) is 0 Å². The third-order valence-electron chi connectivity index (χ3n) is 9.15. The Kier molecular flexibility index (Phi) is 5.45. The summed E-state index contributed by atoms with van der Waals surface area (Å²) >= 11 is 1.88. The SMILES string of the molecule is c1ccc(-c2nc3ccc(-n4c5ccccc5c5c6ccccc6c6c7ccccc7sc6c54)cc3nc2-c2ccccc2)cc1. The number of nitrogens with zero attached hydrogens (tertiary/aromatic N) is 3. The maximum atomic E-state index is 5.33. The molecule has 4 heteroatoms. The van der Waals surface area contributed by atoms with Crippen molar-refractivity contribution in [2.75, 3.05) is 0 Å². The van der Waals surface area contributed by atoms with Crippen LogP contribution >= 0.6 is 11.3 Å². The molecule has 0 atom stereocenters. The van der Waals surface area contributed by atoms with E-state index in [1.165, 1.54) is 52.8 Å².